The Morgan fingerprint density at radius 2 is 1.75 bits per heavy atom. The van der Waals surface area contributed by atoms with E-state index in [2.05, 4.69) is 27.4 Å². The number of nitrogens with zero attached hydrogens (tertiary/aromatic N) is 6. The van der Waals surface area contributed by atoms with Crippen molar-refractivity contribution in [2.45, 2.75) is 82.5 Å². The van der Waals surface area contributed by atoms with Crippen molar-refractivity contribution in [1.82, 2.24) is 34.1 Å². The molecule has 3 aromatic heterocycles. The number of benzene rings is 2. The molecule has 1 saturated carbocycles. The molecule has 1 atom stereocenters. The molecule has 1 unspecified atom stereocenters. The third kappa shape index (κ3) is 7.42. The lowest BCUT2D eigenvalue weighted by atomic mass is 9.83. The molecule has 13 nitrogen and oxygen atoms in total. The van der Waals surface area contributed by atoms with Crippen LogP contribution in [0.3, 0.4) is 0 Å². The average molecular weight is 787 g/mol. The first-order valence-electron chi connectivity index (χ1n) is 19.5. The molecule has 3 fully saturated rings. The van der Waals surface area contributed by atoms with E-state index in [0.717, 1.165) is 92.4 Å². The van der Waals surface area contributed by atoms with Crippen LogP contribution in [0.2, 0.25) is 0 Å². The van der Waals surface area contributed by atoms with Crippen molar-refractivity contribution in [2.75, 3.05) is 32.1 Å². The highest BCUT2D eigenvalue weighted by Crippen LogP contribution is 2.39. The number of carbonyl (C=O) groups is 3. The molecule has 0 bridgehead atoms. The topological polar surface area (TPSA) is 145 Å². The first-order valence-corrected chi connectivity index (χ1v) is 19.5. The van der Waals surface area contributed by atoms with Gasteiger partial charge in [0.15, 0.2) is 0 Å². The van der Waals surface area contributed by atoms with Crippen LogP contribution in [0.15, 0.2) is 53.7 Å². The number of carbonyl (C=O) groups excluding carboxylic acids is 3. The van der Waals surface area contributed by atoms with Gasteiger partial charge < -0.3 is 15.0 Å². The Hall–Kier alpha value is -5.51. The summed E-state index contributed by atoms with van der Waals surface area (Å²) in [5.41, 5.74) is 3.46. The van der Waals surface area contributed by atoms with Gasteiger partial charge in [0.25, 0.3) is 5.91 Å². The molecular weight excluding hydrogens is 741 g/mol. The van der Waals surface area contributed by atoms with Gasteiger partial charge in [-0.1, -0.05) is 6.07 Å². The number of ether oxygens (including phenoxy) is 1. The van der Waals surface area contributed by atoms with Gasteiger partial charge in [-0.15, -0.1) is 0 Å². The number of alkyl halides is 3. The van der Waals surface area contributed by atoms with Gasteiger partial charge in [-0.25, -0.2) is 4.79 Å². The monoisotopic (exact) mass is 786 g/mol. The molecule has 8 rings (SSSR count). The minimum absolute atomic E-state index is 0.203. The van der Waals surface area contributed by atoms with E-state index in [1.807, 2.05) is 23.0 Å². The number of methoxy groups -OCH3 is 1. The van der Waals surface area contributed by atoms with Crippen LogP contribution in [0.5, 0.6) is 5.75 Å². The first-order chi connectivity index (χ1) is 27.3. The zero-order valence-corrected chi connectivity index (χ0v) is 32.1. The van der Waals surface area contributed by atoms with Crippen molar-refractivity contribution in [3.8, 4) is 5.75 Å². The molecular formula is C41H45F3N8O5. The number of halogens is 3. The number of imide groups is 1. The number of fused-ring (bicyclic) bond motifs is 2. The largest absolute Gasteiger partial charge is 0.494 e. The number of aryl methyl sites for hydroxylation is 2. The van der Waals surface area contributed by atoms with Gasteiger partial charge >= 0.3 is 11.9 Å². The summed E-state index contributed by atoms with van der Waals surface area (Å²) in [5, 5.41) is 10.7. The maximum atomic E-state index is 13.5. The zero-order valence-electron chi connectivity index (χ0n) is 32.1. The predicted molar refractivity (Wildman–Crippen MR) is 206 cm³/mol. The molecule has 5 heterocycles. The maximum Gasteiger partial charge on any atom is 0.417 e. The van der Waals surface area contributed by atoms with E-state index >= 15 is 0 Å². The van der Waals surface area contributed by atoms with E-state index in [1.165, 1.54) is 12.7 Å². The molecule has 0 radical (unpaired) electrons. The van der Waals surface area contributed by atoms with Gasteiger partial charge in [0.05, 0.1) is 46.5 Å². The molecule has 5 aromatic rings. The third-order valence-corrected chi connectivity index (χ3v) is 12.1. The highest BCUT2D eigenvalue weighted by molar-refractivity contribution is 6.06. The summed E-state index contributed by atoms with van der Waals surface area (Å²) in [6.45, 7) is 5.02. The molecule has 16 heteroatoms. The van der Waals surface area contributed by atoms with Crippen LogP contribution >= 0.6 is 0 Å². The second-order valence-corrected chi connectivity index (χ2v) is 15.7. The predicted octanol–water partition coefficient (Wildman–Crippen LogP) is 6.26. The van der Waals surface area contributed by atoms with Crippen LogP contribution < -0.4 is 21.1 Å². The average Bonchev–Trinajstić information content (AvgIpc) is 3.72. The summed E-state index contributed by atoms with van der Waals surface area (Å²) >= 11 is 0. The number of piperidine rings is 2. The van der Waals surface area contributed by atoms with Gasteiger partial charge in [-0.2, -0.15) is 18.3 Å². The van der Waals surface area contributed by atoms with Crippen LogP contribution in [0.1, 0.15) is 96.4 Å². The molecule has 3 aliphatic rings. The van der Waals surface area contributed by atoms with Gasteiger partial charge in [0.1, 0.15) is 11.8 Å². The van der Waals surface area contributed by atoms with Crippen molar-refractivity contribution < 1.29 is 32.3 Å². The van der Waals surface area contributed by atoms with E-state index in [0.29, 0.717) is 35.5 Å². The molecule has 1 aliphatic carbocycles. The molecule has 2 saturated heterocycles. The molecule has 3 amide bonds. The number of hydrogen-bond donors (Lipinski definition) is 2. The highest BCUT2D eigenvalue weighted by Gasteiger charge is 2.35. The Bertz CT molecular complexity index is 2440. The van der Waals surface area contributed by atoms with Crippen LogP contribution in [-0.4, -0.2) is 73.3 Å². The van der Waals surface area contributed by atoms with Crippen molar-refractivity contribution in [3.05, 3.63) is 81.7 Å². The van der Waals surface area contributed by atoms with Gasteiger partial charge in [-0.05, 0) is 106 Å². The first kappa shape index (κ1) is 38.4. The van der Waals surface area contributed by atoms with E-state index in [-0.39, 0.29) is 35.5 Å². The minimum Gasteiger partial charge on any atom is -0.494 e. The quantitative estimate of drug-likeness (QED) is 0.176. The SMILES string of the molecule is COc1cc2nn([C@H]3CC[C@H](CN4CCC(c5c(C)ccc6c5n(C)c(=O)n6C5CCC(=O)NC5=O)CC4)CC3)cc2cc1NC(=O)c1cncc(C(F)(F)F)c1. The van der Waals surface area contributed by atoms with Crippen LogP contribution in [0, 0.1) is 12.8 Å². The Labute approximate surface area is 326 Å². The normalized spacial score (nSPS) is 21.3. The molecule has 0 spiro atoms. The number of imidazole rings is 1. The number of aromatic nitrogens is 5. The van der Waals surface area contributed by atoms with Gasteiger partial charge in [0.2, 0.25) is 11.8 Å². The smallest absolute Gasteiger partial charge is 0.417 e. The standard InChI is InChI=1S/C41H45F3N8O5/c1-23-4-9-32-37(49(2)40(56)52(32)33-10-11-35(53)47-39(33)55)36(23)25-12-14-50(15-13-25)21-24-5-7-29(8-6-24)51-22-27-17-31(34(57-3)18-30(27)48-51)46-38(54)26-16-28(20-45-19-26)41(42,43)44/h4,9,16-20,22,24-25,29,33H,5-8,10-15,21H2,1-3H3,(H,46,54)(H,47,53,55)/t24-,29-,33?. The fourth-order valence-electron chi connectivity index (χ4n) is 9.15. The fraction of sp³-hybridized carbons (Fsp3) is 0.463. The van der Waals surface area contributed by atoms with Crippen molar-refractivity contribution >= 4 is 45.3 Å². The van der Waals surface area contributed by atoms with Crippen LogP contribution in [0.4, 0.5) is 18.9 Å². The summed E-state index contributed by atoms with van der Waals surface area (Å²) < 4.78 is 50.3. The van der Waals surface area contributed by atoms with E-state index in [1.54, 1.807) is 28.3 Å². The lowest BCUT2D eigenvalue weighted by Gasteiger charge is -2.37. The highest BCUT2D eigenvalue weighted by atomic mass is 19.4. The molecule has 57 heavy (non-hydrogen) atoms. The second kappa shape index (κ2) is 15.1. The second-order valence-electron chi connectivity index (χ2n) is 15.7. The Balaban J connectivity index is 0.888. The Kier molecular flexibility index (Phi) is 10.2. The number of nitrogens with one attached hydrogen (secondary N) is 2. The Morgan fingerprint density at radius 1 is 1.00 bits per heavy atom. The molecule has 2 N–H and O–H groups in total. The third-order valence-electron chi connectivity index (χ3n) is 12.1. The number of likely N-dealkylation sites (tertiary alicyclic amines) is 1. The van der Waals surface area contributed by atoms with Crippen molar-refractivity contribution in [3.63, 3.8) is 0 Å². The lowest BCUT2D eigenvalue weighted by Crippen LogP contribution is -2.44. The number of pyridine rings is 1. The van der Waals surface area contributed by atoms with Gasteiger partial charge in [0, 0.05) is 50.1 Å². The zero-order chi connectivity index (χ0) is 40.2. The van der Waals surface area contributed by atoms with E-state index in [4.69, 9.17) is 9.84 Å². The number of rotatable bonds is 8. The van der Waals surface area contributed by atoms with E-state index < -0.39 is 29.6 Å². The maximum absolute atomic E-state index is 13.5. The molecule has 2 aromatic carbocycles. The fourth-order valence-corrected chi connectivity index (χ4v) is 9.15. The minimum atomic E-state index is -4.62. The number of amides is 3. The Morgan fingerprint density at radius 3 is 2.46 bits per heavy atom. The summed E-state index contributed by atoms with van der Waals surface area (Å²) in [5.74, 6) is -0.291. The summed E-state index contributed by atoms with van der Waals surface area (Å²) in [6.07, 6.45) is 5.60. The van der Waals surface area contributed by atoms with Crippen LogP contribution in [0.25, 0.3) is 21.9 Å². The van der Waals surface area contributed by atoms with Crippen molar-refractivity contribution in [1.29, 1.82) is 0 Å². The molecule has 2 aliphatic heterocycles. The van der Waals surface area contributed by atoms with E-state index in [9.17, 15) is 32.3 Å². The van der Waals surface area contributed by atoms with Gasteiger partial charge in [-0.3, -0.25) is 38.5 Å². The van der Waals surface area contributed by atoms with Crippen molar-refractivity contribution in [2.24, 2.45) is 13.0 Å². The summed E-state index contributed by atoms with van der Waals surface area (Å²) in [4.78, 5) is 57.2. The lowest BCUT2D eigenvalue weighted by molar-refractivity contribution is -0.138. The molecule has 300 valence electrons. The number of hydrogen-bond acceptors (Lipinski definition) is 8. The summed E-state index contributed by atoms with van der Waals surface area (Å²) in [7, 11) is 3.23. The van der Waals surface area contributed by atoms with Crippen LogP contribution in [-0.2, 0) is 22.8 Å². The summed E-state index contributed by atoms with van der Waals surface area (Å²) in [6, 6.07) is 7.68. The number of anilines is 1.